The summed E-state index contributed by atoms with van der Waals surface area (Å²) >= 11 is 0. The van der Waals surface area contributed by atoms with Crippen molar-refractivity contribution in [1.82, 2.24) is 20.0 Å². The summed E-state index contributed by atoms with van der Waals surface area (Å²) in [5.74, 6) is -0.864. The number of urea groups is 1. The number of carbonyl (C=O) groups excluding carboxylic acids is 1. The average Bonchev–Trinajstić information content (AvgIpc) is 2.83. The van der Waals surface area contributed by atoms with Gasteiger partial charge in [0.15, 0.2) is 0 Å². The van der Waals surface area contributed by atoms with Gasteiger partial charge in [0, 0.05) is 25.4 Å². The summed E-state index contributed by atoms with van der Waals surface area (Å²) in [5, 5.41) is 13.8. The van der Waals surface area contributed by atoms with E-state index in [4.69, 9.17) is 5.11 Å². The summed E-state index contributed by atoms with van der Waals surface area (Å²) in [7, 11) is 0. The van der Waals surface area contributed by atoms with Crippen molar-refractivity contribution in [2.75, 3.05) is 6.54 Å². The molecule has 2 amide bonds. The van der Waals surface area contributed by atoms with Gasteiger partial charge in [-0.05, 0) is 31.0 Å². The number of carbonyl (C=O) groups is 2. The maximum absolute atomic E-state index is 11.5. The molecule has 2 rings (SSSR count). The first-order chi connectivity index (χ1) is 10.0. The molecule has 0 aliphatic heterocycles. The number of fused-ring (bicyclic) bond motifs is 1. The summed E-state index contributed by atoms with van der Waals surface area (Å²) in [6.45, 7) is 2.66. The van der Waals surface area contributed by atoms with E-state index in [-0.39, 0.29) is 12.5 Å². The van der Waals surface area contributed by atoms with Crippen molar-refractivity contribution in [2.45, 2.75) is 26.3 Å². The first-order valence-corrected chi connectivity index (χ1v) is 6.72. The van der Waals surface area contributed by atoms with E-state index in [1.807, 2.05) is 35.9 Å². The van der Waals surface area contributed by atoms with Crippen LogP contribution >= 0.6 is 0 Å². The highest BCUT2D eigenvalue weighted by Gasteiger charge is 2.04. The molecule has 0 saturated heterocycles. The van der Waals surface area contributed by atoms with E-state index in [9.17, 15) is 9.59 Å². The standard InChI is InChI=1S/C14H18N4O3/c1-10-4-6-18-9-11(17-12(18)7-10)8-16-14(21)15-5-2-3-13(19)20/h4,6-7,9H,2-3,5,8H2,1H3,(H,19,20)(H2,15,16,21). The molecule has 0 atom stereocenters. The number of aromatic nitrogens is 2. The Morgan fingerprint density at radius 2 is 2.19 bits per heavy atom. The Balaban J connectivity index is 1.78. The van der Waals surface area contributed by atoms with Crippen molar-refractivity contribution in [3.05, 3.63) is 35.8 Å². The SMILES string of the molecule is Cc1ccn2cc(CNC(=O)NCCCC(=O)O)nc2c1. The number of carboxylic acid groups (broad SMARTS) is 1. The highest BCUT2D eigenvalue weighted by atomic mass is 16.4. The summed E-state index contributed by atoms with van der Waals surface area (Å²) < 4.78 is 1.90. The molecular weight excluding hydrogens is 272 g/mol. The molecule has 0 aliphatic carbocycles. The predicted molar refractivity (Wildman–Crippen MR) is 77.0 cm³/mol. The lowest BCUT2D eigenvalue weighted by Gasteiger charge is -2.05. The lowest BCUT2D eigenvalue weighted by molar-refractivity contribution is -0.137. The molecule has 0 bridgehead atoms. The molecule has 0 unspecified atom stereocenters. The highest BCUT2D eigenvalue weighted by molar-refractivity contribution is 5.73. The minimum Gasteiger partial charge on any atom is -0.481 e. The van der Waals surface area contributed by atoms with Gasteiger partial charge in [0.2, 0.25) is 0 Å². The van der Waals surface area contributed by atoms with Crippen molar-refractivity contribution in [2.24, 2.45) is 0 Å². The van der Waals surface area contributed by atoms with Crippen molar-refractivity contribution < 1.29 is 14.7 Å². The Labute approximate surface area is 122 Å². The molecule has 21 heavy (non-hydrogen) atoms. The molecule has 0 aliphatic rings. The maximum atomic E-state index is 11.5. The van der Waals surface area contributed by atoms with Gasteiger partial charge >= 0.3 is 12.0 Å². The number of hydrogen-bond donors (Lipinski definition) is 3. The fraction of sp³-hybridized carbons (Fsp3) is 0.357. The molecule has 0 radical (unpaired) electrons. The molecule has 7 nitrogen and oxygen atoms in total. The fourth-order valence-corrected chi connectivity index (χ4v) is 1.90. The second kappa shape index (κ2) is 6.74. The zero-order chi connectivity index (χ0) is 15.2. The molecule has 7 heteroatoms. The van der Waals surface area contributed by atoms with E-state index in [1.54, 1.807) is 0 Å². The van der Waals surface area contributed by atoms with E-state index >= 15 is 0 Å². The third-order valence-electron chi connectivity index (χ3n) is 2.95. The minimum atomic E-state index is -0.864. The van der Waals surface area contributed by atoms with Crippen LogP contribution in [0, 0.1) is 6.92 Å². The second-order valence-electron chi connectivity index (χ2n) is 4.81. The number of rotatable bonds is 6. The quantitative estimate of drug-likeness (QED) is 0.699. The topological polar surface area (TPSA) is 95.7 Å². The Bertz CT molecular complexity index is 651. The van der Waals surface area contributed by atoms with Crippen LogP contribution in [0.5, 0.6) is 0 Å². The number of aryl methyl sites for hydroxylation is 1. The number of amides is 2. The van der Waals surface area contributed by atoms with Crippen LogP contribution in [0.15, 0.2) is 24.5 Å². The van der Waals surface area contributed by atoms with E-state index in [0.29, 0.717) is 19.5 Å². The molecule has 0 aromatic carbocycles. The molecule has 0 spiro atoms. The van der Waals surface area contributed by atoms with Gasteiger partial charge < -0.3 is 20.1 Å². The largest absolute Gasteiger partial charge is 0.481 e. The van der Waals surface area contributed by atoms with Crippen molar-refractivity contribution >= 4 is 17.6 Å². The molecule has 0 saturated carbocycles. The number of imidazole rings is 1. The first-order valence-electron chi connectivity index (χ1n) is 6.72. The fourth-order valence-electron chi connectivity index (χ4n) is 1.90. The maximum Gasteiger partial charge on any atom is 0.315 e. The summed E-state index contributed by atoms with van der Waals surface area (Å²) in [4.78, 5) is 26.3. The average molecular weight is 290 g/mol. The van der Waals surface area contributed by atoms with Crippen LogP contribution in [0.1, 0.15) is 24.1 Å². The summed E-state index contributed by atoms with van der Waals surface area (Å²) in [6.07, 6.45) is 4.25. The first kappa shape index (κ1) is 14.8. The van der Waals surface area contributed by atoms with Gasteiger partial charge in [-0.25, -0.2) is 9.78 Å². The number of nitrogens with zero attached hydrogens (tertiary/aromatic N) is 2. The van der Waals surface area contributed by atoms with Gasteiger partial charge in [-0.15, -0.1) is 0 Å². The van der Waals surface area contributed by atoms with E-state index in [2.05, 4.69) is 15.6 Å². The van der Waals surface area contributed by atoms with Crippen LogP contribution in [-0.4, -0.2) is 33.0 Å². The number of pyridine rings is 1. The summed E-state index contributed by atoms with van der Waals surface area (Å²) in [5.41, 5.74) is 2.73. The normalized spacial score (nSPS) is 10.5. The number of hydrogen-bond acceptors (Lipinski definition) is 3. The van der Waals surface area contributed by atoms with Gasteiger partial charge in [0.1, 0.15) is 5.65 Å². The molecule has 2 heterocycles. The molecule has 2 aromatic heterocycles. The third-order valence-corrected chi connectivity index (χ3v) is 2.95. The van der Waals surface area contributed by atoms with Crippen LogP contribution in [0.4, 0.5) is 4.79 Å². The third kappa shape index (κ3) is 4.48. The van der Waals surface area contributed by atoms with Crippen molar-refractivity contribution in [3.8, 4) is 0 Å². The Hall–Kier alpha value is -2.57. The van der Waals surface area contributed by atoms with Gasteiger partial charge in [0.05, 0.1) is 12.2 Å². The number of carboxylic acids is 1. The molecule has 0 fully saturated rings. The smallest absolute Gasteiger partial charge is 0.315 e. The highest BCUT2D eigenvalue weighted by Crippen LogP contribution is 2.07. The molecule has 3 N–H and O–H groups in total. The zero-order valence-electron chi connectivity index (χ0n) is 11.8. The molecule has 112 valence electrons. The Kier molecular flexibility index (Phi) is 4.76. The van der Waals surface area contributed by atoms with Crippen LogP contribution in [0.25, 0.3) is 5.65 Å². The lowest BCUT2D eigenvalue weighted by Crippen LogP contribution is -2.35. The summed E-state index contributed by atoms with van der Waals surface area (Å²) in [6, 6.07) is 3.63. The van der Waals surface area contributed by atoms with E-state index in [1.165, 1.54) is 0 Å². The van der Waals surface area contributed by atoms with Crippen LogP contribution in [0.3, 0.4) is 0 Å². The minimum absolute atomic E-state index is 0.0477. The number of nitrogens with one attached hydrogen (secondary N) is 2. The van der Waals surface area contributed by atoms with Gasteiger partial charge in [0.25, 0.3) is 0 Å². The predicted octanol–water partition coefficient (Wildman–Crippen LogP) is 1.31. The van der Waals surface area contributed by atoms with Crippen LogP contribution in [0.2, 0.25) is 0 Å². The van der Waals surface area contributed by atoms with Crippen LogP contribution < -0.4 is 10.6 Å². The van der Waals surface area contributed by atoms with Crippen LogP contribution in [-0.2, 0) is 11.3 Å². The Morgan fingerprint density at radius 3 is 2.95 bits per heavy atom. The molecular formula is C14H18N4O3. The molecule has 2 aromatic rings. The van der Waals surface area contributed by atoms with E-state index in [0.717, 1.165) is 16.9 Å². The van der Waals surface area contributed by atoms with Crippen molar-refractivity contribution in [1.29, 1.82) is 0 Å². The Morgan fingerprint density at radius 1 is 1.38 bits per heavy atom. The lowest BCUT2D eigenvalue weighted by atomic mass is 10.3. The van der Waals surface area contributed by atoms with Crippen molar-refractivity contribution in [3.63, 3.8) is 0 Å². The number of aliphatic carboxylic acids is 1. The van der Waals surface area contributed by atoms with Gasteiger partial charge in [-0.1, -0.05) is 0 Å². The van der Waals surface area contributed by atoms with Gasteiger partial charge in [-0.3, -0.25) is 4.79 Å². The van der Waals surface area contributed by atoms with E-state index < -0.39 is 5.97 Å². The van der Waals surface area contributed by atoms with Gasteiger partial charge in [-0.2, -0.15) is 0 Å². The monoisotopic (exact) mass is 290 g/mol. The zero-order valence-corrected chi connectivity index (χ0v) is 11.8. The second-order valence-corrected chi connectivity index (χ2v) is 4.81.